The molecule has 1 heterocycles. The Morgan fingerprint density at radius 3 is 2.47 bits per heavy atom. The van der Waals surface area contributed by atoms with Crippen LogP contribution in [0.5, 0.6) is 0 Å². The highest BCUT2D eigenvalue weighted by Crippen LogP contribution is 2.19. The van der Waals surface area contributed by atoms with Crippen LogP contribution in [0.3, 0.4) is 0 Å². The Morgan fingerprint density at radius 1 is 1.20 bits per heavy atom. The quantitative estimate of drug-likeness (QED) is 0.706. The molecule has 0 bridgehead atoms. The third kappa shape index (κ3) is 1.54. The summed E-state index contributed by atoms with van der Waals surface area (Å²) < 4.78 is 25.4. The van der Waals surface area contributed by atoms with Gasteiger partial charge < -0.3 is 5.32 Å². The van der Waals surface area contributed by atoms with Crippen LogP contribution in [0.4, 0.5) is 19.3 Å². The van der Waals surface area contributed by atoms with E-state index in [1.54, 1.807) is 0 Å². The maximum atomic E-state index is 12.8. The molecule has 0 aromatic heterocycles. The van der Waals surface area contributed by atoms with E-state index >= 15 is 0 Å². The Morgan fingerprint density at radius 2 is 1.93 bits per heavy atom. The molecule has 2 rings (SSSR count). The van der Waals surface area contributed by atoms with E-state index in [2.05, 4.69) is 5.32 Å². The molecule has 1 saturated heterocycles. The lowest BCUT2D eigenvalue weighted by Gasteiger charge is -2.11. The fraction of sp³-hybridized carbons (Fsp3) is 0.111. The first-order valence-electron chi connectivity index (χ1n) is 4.15. The zero-order chi connectivity index (χ0) is 11.0. The largest absolute Gasteiger partial charge is 0.329 e. The number of carbonyl (C=O) groups is 2. The van der Waals surface area contributed by atoms with E-state index in [1.165, 1.54) is 6.07 Å². The molecular weight excluding hydrogens is 206 g/mol. The molecule has 1 aromatic rings. The summed E-state index contributed by atoms with van der Waals surface area (Å²) in [4.78, 5) is 23.1. The van der Waals surface area contributed by atoms with Gasteiger partial charge in [0.05, 0.1) is 12.2 Å². The number of rotatable bonds is 1. The highest BCUT2D eigenvalue weighted by molar-refractivity contribution is 6.19. The number of imide groups is 1. The molecule has 0 radical (unpaired) electrons. The maximum absolute atomic E-state index is 12.8. The number of hydrogen-bond donors (Lipinski definition) is 1. The van der Waals surface area contributed by atoms with E-state index in [-0.39, 0.29) is 12.2 Å². The van der Waals surface area contributed by atoms with Gasteiger partial charge in [-0.3, -0.25) is 4.79 Å². The van der Waals surface area contributed by atoms with Crippen molar-refractivity contribution in [2.75, 3.05) is 11.4 Å². The SMILES string of the molecule is O=C1CNC(=O)N1c1ccc(F)c(F)c1. The number of nitrogens with one attached hydrogen (secondary N) is 1. The van der Waals surface area contributed by atoms with Gasteiger partial charge in [-0.25, -0.2) is 18.5 Å². The van der Waals surface area contributed by atoms with E-state index in [0.717, 1.165) is 17.0 Å². The van der Waals surface area contributed by atoms with Gasteiger partial charge in [-0.05, 0) is 12.1 Å². The number of nitrogens with zero attached hydrogens (tertiary/aromatic N) is 1. The maximum Gasteiger partial charge on any atom is 0.329 e. The fourth-order valence-electron chi connectivity index (χ4n) is 1.31. The predicted molar refractivity (Wildman–Crippen MR) is 47.2 cm³/mol. The lowest BCUT2D eigenvalue weighted by molar-refractivity contribution is -0.115. The lowest BCUT2D eigenvalue weighted by Crippen LogP contribution is -2.30. The minimum absolute atomic E-state index is 0.0221. The standard InChI is InChI=1S/C9H6F2N2O2/c10-6-2-1-5(3-7(6)11)13-8(14)4-12-9(13)15/h1-3H,4H2,(H,12,15). The zero-order valence-corrected chi connectivity index (χ0v) is 7.46. The van der Waals surface area contributed by atoms with Crippen LogP contribution in [0.25, 0.3) is 0 Å². The Kier molecular flexibility index (Phi) is 2.11. The molecular formula is C9H6F2N2O2. The van der Waals surface area contributed by atoms with Crippen LogP contribution in [-0.2, 0) is 4.79 Å². The number of amides is 3. The molecule has 1 aliphatic heterocycles. The Hall–Kier alpha value is -1.98. The van der Waals surface area contributed by atoms with Crippen LogP contribution in [0.2, 0.25) is 0 Å². The minimum Gasteiger partial charge on any atom is -0.328 e. The summed E-state index contributed by atoms with van der Waals surface area (Å²) >= 11 is 0. The Labute approximate surface area is 83.5 Å². The zero-order valence-electron chi connectivity index (χ0n) is 7.46. The number of benzene rings is 1. The molecule has 1 aliphatic rings. The van der Waals surface area contributed by atoms with E-state index < -0.39 is 23.6 Å². The molecule has 0 aliphatic carbocycles. The van der Waals surface area contributed by atoms with E-state index in [4.69, 9.17) is 0 Å². The molecule has 0 spiro atoms. The molecule has 0 unspecified atom stereocenters. The van der Waals surface area contributed by atoms with Crippen molar-refractivity contribution in [3.8, 4) is 0 Å². The first-order valence-corrected chi connectivity index (χ1v) is 4.15. The summed E-state index contributed by atoms with van der Waals surface area (Å²) in [6.07, 6.45) is 0. The summed E-state index contributed by atoms with van der Waals surface area (Å²) in [7, 11) is 0. The van der Waals surface area contributed by atoms with Crippen molar-refractivity contribution in [2.24, 2.45) is 0 Å². The van der Waals surface area contributed by atoms with Crippen molar-refractivity contribution in [3.05, 3.63) is 29.8 Å². The highest BCUT2D eigenvalue weighted by Gasteiger charge is 2.30. The first-order chi connectivity index (χ1) is 7.09. The van der Waals surface area contributed by atoms with Gasteiger partial charge in [0.2, 0.25) is 0 Å². The van der Waals surface area contributed by atoms with E-state index in [1.807, 2.05) is 0 Å². The highest BCUT2D eigenvalue weighted by atomic mass is 19.2. The summed E-state index contributed by atoms with van der Waals surface area (Å²) in [6, 6.07) is 2.20. The second-order valence-corrected chi connectivity index (χ2v) is 2.99. The van der Waals surface area contributed by atoms with Crippen molar-refractivity contribution >= 4 is 17.6 Å². The van der Waals surface area contributed by atoms with Crippen molar-refractivity contribution in [2.45, 2.75) is 0 Å². The normalized spacial score (nSPS) is 15.7. The van der Waals surface area contributed by atoms with Crippen LogP contribution in [0, 0.1) is 11.6 Å². The molecule has 3 amide bonds. The van der Waals surface area contributed by atoms with Gasteiger partial charge in [-0.15, -0.1) is 0 Å². The van der Waals surface area contributed by atoms with E-state index in [9.17, 15) is 18.4 Å². The number of halogens is 2. The fourth-order valence-corrected chi connectivity index (χ4v) is 1.31. The monoisotopic (exact) mass is 212 g/mol. The van der Waals surface area contributed by atoms with Crippen LogP contribution in [0.1, 0.15) is 0 Å². The molecule has 78 valence electrons. The third-order valence-corrected chi connectivity index (χ3v) is 2.00. The van der Waals surface area contributed by atoms with Gasteiger partial charge in [-0.2, -0.15) is 0 Å². The number of anilines is 1. The third-order valence-electron chi connectivity index (χ3n) is 2.00. The van der Waals surface area contributed by atoms with Crippen molar-refractivity contribution in [3.63, 3.8) is 0 Å². The first kappa shape index (κ1) is 9.57. The second-order valence-electron chi connectivity index (χ2n) is 2.99. The summed E-state index contributed by atoms with van der Waals surface area (Å²) in [5.41, 5.74) is 0.0221. The number of hydrogen-bond acceptors (Lipinski definition) is 2. The summed E-state index contributed by atoms with van der Waals surface area (Å²) in [5.74, 6) is -2.61. The number of carbonyl (C=O) groups excluding carboxylic acids is 2. The van der Waals surface area contributed by atoms with Crippen molar-refractivity contribution in [1.82, 2.24) is 5.32 Å². The average Bonchev–Trinajstić information content (AvgIpc) is 2.52. The predicted octanol–water partition coefficient (Wildman–Crippen LogP) is 1.02. The molecule has 15 heavy (non-hydrogen) atoms. The Bertz CT molecular complexity index is 432. The van der Waals surface area contributed by atoms with Crippen molar-refractivity contribution in [1.29, 1.82) is 0 Å². The topological polar surface area (TPSA) is 49.4 Å². The lowest BCUT2D eigenvalue weighted by atomic mass is 10.3. The second kappa shape index (κ2) is 3.30. The average molecular weight is 212 g/mol. The van der Waals surface area contributed by atoms with Crippen LogP contribution in [-0.4, -0.2) is 18.5 Å². The van der Waals surface area contributed by atoms with E-state index in [0.29, 0.717) is 0 Å². The van der Waals surface area contributed by atoms with Gasteiger partial charge in [0.15, 0.2) is 11.6 Å². The molecule has 1 N–H and O–H groups in total. The van der Waals surface area contributed by atoms with Gasteiger partial charge >= 0.3 is 6.03 Å². The van der Waals surface area contributed by atoms with Gasteiger partial charge in [0.25, 0.3) is 5.91 Å². The summed E-state index contributed by atoms with van der Waals surface area (Å²) in [6.45, 7) is -0.127. The Balaban J connectivity index is 2.41. The van der Waals surface area contributed by atoms with Gasteiger partial charge in [0, 0.05) is 6.07 Å². The molecule has 1 fully saturated rings. The smallest absolute Gasteiger partial charge is 0.328 e. The summed E-state index contributed by atoms with van der Waals surface area (Å²) in [5, 5.41) is 2.27. The van der Waals surface area contributed by atoms with Crippen LogP contribution < -0.4 is 10.2 Å². The molecule has 0 saturated carbocycles. The van der Waals surface area contributed by atoms with Gasteiger partial charge in [-0.1, -0.05) is 0 Å². The molecule has 4 nitrogen and oxygen atoms in total. The van der Waals surface area contributed by atoms with Crippen LogP contribution in [0.15, 0.2) is 18.2 Å². The van der Waals surface area contributed by atoms with Crippen LogP contribution >= 0.6 is 0 Å². The number of urea groups is 1. The minimum atomic E-state index is -1.10. The van der Waals surface area contributed by atoms with Gasteiger partial charge in [0.1, 0.15) is 0 Å². The van der Waals surface area contributed by atoms with Crippen molar-refractivity contribution < 1.29 is 18.4 Å². The molecule has 0 atom stereocenters. The molecule has 6 heteroatoms. The molecule has 1 aromatic carbocycles.